The van der Waals surface area contributed by atoms with E-state index in [0.717, 1.165) is 25.7 Å². The fourth-order valence-corrected chi connectivity index (χ4v) is 3.96. The highest BCUT2D eigenvalue weighted by Gasteiger charge is 2.26. The minimum atomic E-state index is -0.939. The van der Waals surface area contributed by atoms with E-state index in [-0.39, 0.29) is 22.7 Å². The summed E-state index contributed by atoms with van der Waals surface area (Å²) in [5.41, 5.74) is -0.232. The fourth-order valence-electron chi connectivity index (χ4n) is 2.97. The Morgan fingerprint density at radius 1 is 1.38 bits per heavy atom. The van der Waals surface area contributed by atoms with Crippen LogP contribution < -0.4 is 11.2 Å². The Morgan fingerprint density at radius 3 is 2.57 bits per heavy atom. The van der Waals surface area contributed by atoms with Crippen LogP contribution in [0.5, 0.6) is 0 Å². The van der Waals surface area contributed by atoms with Crippen molar-refractivity contribution in [3.05, 3.63) is 31.6 Å². The molecule has 1 heterocycles. The predicted molar refractivity (Wildman–Crippen MR) is 85.8 cm³/mol. The molecule has 2 rings (SSSR count). The van der Waals surface area contributed by atoms with Gasteiger partial charge in [0.25, 0.3) is 5.56 Å². The summed E-state index contributed by atoms with van der Waals surface area (Å²) in [7, 11) is -0.939. The molecule has 1 aliphatic rings. The minimum Gasteiger partial charge on any atom is -0.297 e. The quantitative estimate of drug-likeness (QED) is 0.840. The zero-order valence-corrected chi connectivity index (χ0v) is 13.9. The number of nitrogens with one attached hydrogen (secondary N) is 1. The van der Waals surface area contributed by atoms with E-state index in [2.05, 4.69) is 4.98 Å². The van der Waals surface area contributed by atoms with E-state index in [0.29, 0.717) is 17.7 Å². The van der Waals surface area contributed by atoms with Gasteiger partial charge in [-0.15, -0.1) is 0 Å². The Hall–Kier alpha value is -0.880. The summed E-state index contributed by atoms with van der Waals surface area (Å²) in [5, 5.41) is 0.180. The molecule has 0 saturated heterocycles. The first-order chi connectivity index (χ1) is 9.91. The highest BCUT2D eigenvalue weighted by atomic mass is 35.5. The summed E-state index contributed by atoms with van der Waals surface area (Å²) in [6.07, 6.45) is 6.19. The molecule has 0 bridgehead atoms. The molecule has 2 unspecified atom stereocenters. The van der Waals surface area contributed by atoms with Crippen LogP contribution in [0.15, 0.2) is 9.59 Å². The summed E-state index contributed by atoms with van der Waals surface area (Å²) >= 11 is 6.10. The van der Waals surface area contributed by atoms with Crippen molar-refractivity contribution in [2.75, 3.05) is 12.0 Å². The number of aromatic amines is 1. The lowest BCUT2D eigenvalue weighted by molar-refractivity contribution is 0.482. The molecule has 1 saturated carbocycles. The number of H-pyrrole nitrogens is 1. The molecular formula is C14H21ClN2O3S. The van der Waals surface area contributed by atoms with Crippen LogP contribution in [-0.4, -0.2) is 25.8 Å². The van der Waals surface area contributed by atoms with E-state index in [1.807, 2.05) is 0 Å². The second-order valence-electron chi connectivity index (χ2n) is 5.73. The van der Waals surface area contributed by atoms with Crippen LogP contribution in [0.3, 0.4) is 0 Å². The lowest BCUT2D eigenvalue weighted by Gasteiger charge is -2.17. The van der Waals surface area contributed by atoms with Crippen molar-refractivity contribution < 1.29 is 4.21 Å². The van der Waals surface area contributed by atoms with Crippen LogP contribution in [0.2, 0.25) is 5.15 Å². The molecule has 2 atom stereocenters. The van der Waals surface area contributed by atoms with Gasteiger partial charge in [-0.25, -0.2) is 4.79 Å². The molecule has 7 heteroatoms. The maximum Gasteiger partial charge on any atom is 0.329 e. The Kier molecular flexibility index (Phi) is 5.43. The molecule has 0 amide bonds. The summed E-state index contributed by atoms with van der Waals surface area (Å²) in [6.45, 7) is 1.80. The molecule has 1 aromatic heterocycles. The van der Waals surface area contributed by atoms with Crippen molar-refractivity contribution in [1.29, 1.82) is 0 Å². The molecule has 0 aliphatic heterocycles. The lowest BCUT2D eigenvalue weighted by atomic mass is 10.0. The minimum absolute atomic E-state index is 0.139. The van der Waals surface area contributed by atoms with Crippen molar-refractivity contribution in [1.82, 2.24) is 9.55 Å². The van der Waals surface area contributed by atoms with Crippen LogP contribution in [0.25, 0.3) is 0 Å². The average molecular weight is 333 g/mol. The second-order valence-corrected chi connectivity index (χ2v) is 7.66. The number of halogens is 1. The lowest BCUT2D eigenvalue weighted by Crippen LogP contribution is -2.40. The SMILES string of the molecule is CC(CCS(C)=O)n1c(=O)[nH]c(Cl)c(C2CCCC2)c1=O. The summed E-state index contributed by atoms with van der Waals surface area (Å²) in [4.78, 5) is 27.3. The van der Waals surface area contributed by atoms with Gasteiger partial charge in [0.1, 0.15) is 5.15 Å². The van der Waals surface area contributed by atoms with Gasteiger partial charge in [-0.2, -0.15) is 0 Å². The molecule has 1 fully saturated rings. The van der Waals surface area contributed by atoms with Gasteiger partial charge in [-0.3, -0.25) is 18.6 Å². The van der Waals surface area contributed by atoms with Gasteiger partial charge in [0.15, 0.2) is 0 Å². The number of aromatic nitrogens is 2. The molecule has 118 valence electrons. The van der Waals surface area contributed by atoms with Gasteiger partial charge in [-0.05, 0) is 32.1 Å². The number of rotatable bonds is 5. The zero-order chi connectivity index (χ0) is 15.6. The van der Waals surface area contributed by atoms with E-state index >= 15 is 0 Å². The van der Waals surface area contributed by atoms with Crippen LogP contribution in [-0.2, 0) is 10.8 Å². The monoisotopic (exact) mass is 332 g/mol. The number of hydrogen-bond donors (Lipinski definition) is 1. The Balaban J connectivity index is 2.41. The molecule has 1 aromatic rings. The van der Waals surface area contributed by atoms with E-state index in [4.69, 9.17) is 11.6 Å². The molecule has 21 heavy (non-hydrogen) atoms. The molecule has 1 aliphatic carbocycles. The van der Waals surface area contributed by atoms with Crippen LogP contribution >= 0.6 is 11.6 Å². The van der Waals surface area contributed by atoms with Gasteiger partial charge < -0.3 is 0 Å². The standard InChI is InChI=1S/C14H21ClN2O3S/c1-9(7-8-21(2)20)17-13(18)11(10-5-3-4-6-10)12(15)16-14(17)19/h9-10H,3-8H2,1-2H3,(H,16,19). The smallest absolute Gasteiger partial charge is 0.297 e. The number of nitrogens with zero attached hydrogens (tertiary/aromatic N) is 1. The van der Waals surface area contributed by atoms with Gasteiger partial charge >= 0.3 is 5.69 Å². The van der Waals surface area contributed by atoms with Gasteiger partial charge in [0.05, 0.1) is 5.56 Å². The third-order valence-electron chi connectivity index (χ3n) is 4.15. The Labute approximate surface area is 131 Å². The van der Waals surface area contributed by atoms with Crippen molar-refractivity contribution in [2.45, 2.75) is 51.0 Å². The second kappa shape index (κ2) is 6.92. The largest absolute Gasteiger partial charge is 0.329 e. The van der Waals surface area contributed by atoms with Crippen LogP contribution in [0.4, 0.5) is 0 Å². The third-order valence-corrected chi connectivity index (χ3v) is 5.26. The normalized spacial score (nSPS) is 18.8. The summed E-state index contributed by atoms with van der Waals surface area (Å²) in [6, 6.07) is -0.289. The Morgan fingerprint density at radius 2 is 2.00 bits per heavy atom. The molecule has 5 nitrogen and oxygen atoms in total. The van der Waals surface area contributed by atoms with Crippen molar-refractivity contribution in [3.63, 3.8) is 0 Å². The highest BCUT2D eigenvalue weighted by Crippen LogP contribution is 2.34. The maximum absolute atomic E-state index is 12.7. The molecule has 0 spiro atoms. The van der Waals surface area contributed by atoms with E-state index in [1.54, 1.807) is 13.2 Å². The van der Waals surface area contributed by atoms with Crippen molar-refractivity contribution >= 4 is 22.4 Å². The first kappa shape index (κ1) is 16.5. The first-order valence-electron chi connectivity index (χ1n) is 7.26. The topological polar surface area (TPSA) is 71.9 Å². The third kappa shape index (κ3) is 3.66. The zero-order valence-electron chi connectivity index (χ0n) is 12.4. The van der Waals surface area contributed by atoms with Crippen molar-refractivity contribution in [2.24, 2.45) is 0 Å². The van der Waals surface area contributed by atoms with Gasteiger partial charge in [0.2, 0.25) is 0 Å². The predicted octanol–water partition coefficient (Wildman–Crippen LogP) is 2.18. The summed E-state index contributed by atoms with van der Waals surface area (Å²) < 4.78 is 12.4. The molecule has 1 N–H and O–H groups in total. The molecule has 0 radical (unpaired) electrons. The van der Waals surface area contributed by atoms with Crippen LogP contribution in [0, 0.1) is 0 Å². The fraction of sp³-hybridized carbons (Fsp3) is 0.714. The van der Waals surface area contributed by atoms with E-state index in [1.165, 1.54) is 4.57 Å². The molecular weight excluding hydrogens is 312 g/mol. The summed E-state index contributed by atoms with van der Waals surface area (Å²) in [5.74, 6) is 0.606. The van der Waals surface area contributed by atoms with E-state index < -0.39 is 16.5 Å². The van der Waals surface area contributed by atoms with E-state index in [9.17, 15) is 13.8 Å². The maximum atomic E-state index is 12.7. The van der Waals surface area contributed by atoms with Gasteiger partial charge in [0, 0.05) is 28.9 Å². The Bertz CT molecular complexity index is 647. The molecule has 0 aromatic carbocycles. The van der Waals surface area contributed by atoms with Crippen molar-refractivity contribution in [3.8, 4) is 0 Å². The highest BCUT2D eigenvalue weighted by molar-refractivity contribution is 7.84. The van der Waals surface area contributed by atoms with Gasteiger partial charge in [-0.1, -0.05) is 24.4 Å². The first-order valence-corrected chi connectivity index (χ1v) is 9.36. The average Bonchev–Trinajstić information content (AvgIpc) is 2.89. The number of hydrogen-bond acceptors (Lipinski definition) is 3. The van der Waals surface area contributed by atoms with Crippen LogP contribution in [0.1, 0.15) is 56.6 Å².